The van der Waals surface area contributed by atoms with E-state index in [0.29, 0.717) is 6.54 Å². The molecule has 0 saturated heterocycles. The molecule has 0 aliphatic heterocycles. The van der Waals surface area contributed by atoms with Crippen molar-refractivity contribution in [2.45, 2.75) is 26.4 Å². The number of aromatic nitrogens is 3. The van der Waals surface area contributed by atoms with Crippen LogP contribution in [0.15, 0.2) is 35.5 Å². The molecule has 2 aromatic heterocycles. The number of rotatable bonds is 5. The number of imidazole rings is 1. The first-order valence-electron chi connectivity index (χ1n) is 6.13. The van der Waals surface area contributed by atoms with Crippen LogP contribution in [0.3, 0.4) is 0 Å². The maximum absolute atomic E-state index is 12.0. The molecular weight excluding hydrogens is 228 g/mol. The van der Waals surface area contributed by atoms with E-state index in [1.165, 1.54) is 0 Å². The second-order valence-corrected chi connectivity index (χ2v) is 4.19. The summed E-state index contributed by atoms with van der Waals surface area (Å²) in [6.07, 6.45) is 6.34. The van der Waals surface area contributed by atoms with Crippen molar-refractivity contribution >= 4 is 5.69 Å². The molecule has 2 aromatic rings. The summed E-state index contributed by atoms with van der Waals surface area (Å²) in [7, 11) is 1.86. The molecule has 5 nitrogen and oxygen atoms in total. The van der Waals surface area contributed by atoms with Crippen LogP contribution in [0.1, 0.15) is 19.0 Å². The van der Waals surface area contributed by atoms with Gasteiger partial charge in [-0.15, -0.1) is 0 Å². The smallest absolute Gasteiger partial charge is 0.328 e. The zero-order chi connectivity index (χ0) is 13.0. The zero-order valence-electron chi connectivity index (χ0n) is 10.8. The van der Waals surface area contributed by atoms with Gasteiger partial charge in [0.1, 0.15) is 0 Å². The third-order valence-corrected chi connectivity index (χ3v) is 2.82. The number of pyridine rings is 1. The Kier molecular flexibility index (Phi) is 3.82. The lowest BCUT2D eigenvalue weighted by atomic mass is 10.3. The standard InChI is InChI=1S/C13H18N4O/c1-3-6-16-7-8-17(13(16)18)10-12-9-11(14-2)4-5-15-12/h4-5,7-9H,3,6,10H2,1-2H3,(H,14,15). The van der Waals surface area contributed by atoms with Crippen molar-refractivity contribution in [1.29, 1.82) is 0 Å². The van der Waals surface area contributed by atoms with E-state index in [1.54, 1.807) is 15.3 Å². The Balaban J connectivity index is 2.20. The fraction of sp³-hybridized carbons (Fsp3) is 0.385. The number of hydrogen-bond acceptors (Lipinski definition) is 3. The minimum absolute atomic E-state index is 0.0218. The molecule has 0 amide bonds. The molecular formula is C13H18N4O. The van der Waals surface area contributed by atoms with Gasteiger partial charge in [-0.25, -0.2) is 4.79 Å². The van der Waals surface area contributed by atoms with Crippen LogP contribution in [0.5, 0.6) is 0 Å². The van der Waals surface area contributed by atoms with E-state index in [9.17, 15) is 4.79 Å². The number of hydrogen-bond donors (Lipinski definition) is 1. The van der Waals surface area contributed by atoms with E-state index >= 15 is 0 Å². The van der Waals surface area contributed by atoms with Crippen LogP contribution >= 0.6 is 0 Å². The predicted octanol–water partition coefficient (Wildman–Crippen LogP) is 1.54. The van der Waals surface area contributed by atoms with E-state index in [-0.39, 0.29) is 5.69 Å². The minimum Gasteiger partial charge on any atom is -0.388 e. The first-order chi connectivity index (χ1) is 8.74. The molecule has 0 fully saturated rings. The van der Waals surface area contributed by atoms with Gasteiger partial charge in [0.25, 0.3) is 0 Å². The Hall–Kier alpha value is -2.04. The topological polar surface area (TPSA) is 51.9 Å². The first-order valence-corrected chi connectivity index (χ1v) is 6.13. The second kappa shape index (κ2) is 5.53. The van der Waals surface area contributed by atoms with Gasteiger partial charge in [-0.1, -0.05) is 6.92 Å². The highest BCUT2D eigenvalue weighted by Crippen LogP contribution is 2.07. The SMILES string of the molecule is CCCn1ccn(Cc2cc(NC)ccn2)c1=O. The first kappa shape index (κ1) is 12.4. The Morgan fingerprint density at radius 2 is 2.11 bits per heavy atom. The lowest BCUT2D eigenvalue weighted by Crippen LogP contribution is -2.24. The lowest BCUT2D eigenvalue weighted by molar-refractivity contribution is 0.621. The molecule has 5 heteroatoms. The summed E-state index contributed by atoms with van der Waals surface area (Å²) in [5.74, 6) is 0. The van der Waals surface area contributed by atoms with Crippen molar-refractivity contribution < 1.29 is 0 Å². The van der Waals surface area contributed by atoms with Crippen molar-refractivity contribution in [3.05, 3.63) is 46.9 Å². The summed E-state index contributed by atoms with van der Waals surface area (Å²) in [6.45, 7) is 3.32. The van der Waals surface area contributed by atoms with Gasteiger partial charge in [-0.05, 0) is 18.6 Å². The maximum Gasteiger partial charge on any atom is 0.328 e. The number of aryl methyl sites for hydroxylation is 1. The fourth-order valence-electron chi connectivity index (χ4n) is 1.88. The zero-order valence-corrected chi connectivity index (χ0v) is 10.8. The van der Waals surface area contributed by atoms with Crippen LogP contribution in [-0.2, 0) is 13.1 Å². The maximum atomic E-state index is 12.0. The summed E-state index contributed by atoms with van der Waals surface area (Å²) < 4.78 is 3.40. The monoisotopic (exact) mass is 246 g/mol. The van der Waals surface area contributed by atoms with Gasteiger partial charge in [0.2, 0.25) is 0 Å². The molecule has 0 aliphatic rings. The highest BCUT2D eigenvalue weighted by atomic mass is 16.1. The van der Waals surface area contributed by atoms with E-state index in [2.05, 4.69) is 17.2 Å². The van der Waals surface area contributed by atoms with Gasteiger partial charge in [0.15, 0.2) is 0 Å². The van der Waals surface area contributed by atoms with Crippen LogP contribution in [0, 0.1) is 0 Å². The molecule has 0 aliphatic carbocycles. The third kappa shape index (κ3) is 2.61. The van der Waals surface area contributed by atoms with Gasteiger partial charge >= 0.3 is 5.69 Å². The van der Waals surface area contributed by atoms with Crippen molar-refractivity contribution in [3.8, 4) is 0 Å². The van der Waals surface area contributed by atoms with Gasteiger partial charge in [0.05, 0.1) is 12.2 Å². The minimum atomic E-state index is 0.0218. The molecule has 0 saturated carbocycles. The Bertz CT molecular complexity index is 570. The van der Waals surface area contributed by atoms with Crippen LogP contribution in [0.2, 0.25) is 0 Å². The highest BCUT2D eigenvalue weighted by molar-refractivity contribution is 5.42. The largest absolute Gasteiger partial charge is 0.388 e. The molecule has 0 radical (unpaired) electrons. The van der Waals surface area contributed by atoms with Crippen molar-refractivity contribution in [3.63, 3.8) is 0 Å². The number of nitrogens with one attached hydrogen (secondary N) is 1. The molecule has 1 N–H and O–H groups in total. The molecule has 0 unspecified atom stereocenters. The van der Waals surface area contributed by atoms with Crippen LogP contribution in [0.25, 0.3) is 0 Å². The number of anilines is 1. The van der Waals surface area contributed by atoms with Crippen molar-refractivity contribution in [1.82, 2.24) is 14.1 Å². The average molecular weight is 246 g/mol. The van der Waals surface area contributed by atoms with Crippen molar-refractivity contribution in [2.75, 3.05) is 12.4 Å². The summed E-state index contributed by atoms with van der Waals surface area (Å²) in [6, 6.07) is 3.85. The van der Waals surface area contributed by atoms with Crippen LogP contribution in [0.4, 0.5) is 5.69 Å². The number of nitrogens with zero attached hydrogens (tertiary/aromatic N) is 3. The molecule has 18 heavy (non-hydrogen) atoms. The third-order valence-electron chi connectivity index (χ3n) is 2.82. The van der Waals surface area contributed by atoms with Gasteiger partial charge < -0.3 is 5.32 Å². The average Bonchev–Trinajstić information content (AvgIpc) is 2.72. The molecule has 2 rings (SSSR count). The Morgan fingerprint density at radius 3 is 2.83 bits per heavy atom. The lowest BCUT2D eigenvalue weighted by Gasteiger charge is -2.04. The fourth-order valence-corrected chi connectivity index (χ4v) is 1.88. The normalized spacial score (nSPS) is 10.6. The Labute approximate surface area is 106 Å². The van der Waals surface area contributed by atoms with Crippen LogP contribution in [-0.4, -0.2) is 21.2 Å². The second-order valence-electron chi connectivity index (χ2n) is 4.19. The highest BCUT2D eigenvalue weighted by Gasteiger charge is 2.04. The summed E-state index contributed by atoms with van der Waals surface area (Å²) in [5, 5.41) is 3.06. The van der Waals surface area contributed by atoms with E-state index in [0.717, 1.165) is 24.3 Å². The molecule has 0 bridgehead atoms. The van der Waals surface area contributed by atoms with Crippen LogP contribution < -0.4 is 11.0 Å². The molecule has 0 atom stereocenters. The van der Waals surface area contributed by atoms with Crippen molar-refractivity contribution in [2.24, 2.45) is 0 Å². The van der Waals surface area contributed by atoms with Gasteiger partial charge in [-0.3, -0.25) is 14.1 Å². The quantitative estimate of drug-likeness (QED) is 0.870. The molecule has 96 valence electrons. The molecule has 2 heterocycles. The Morgan fingerprint density at radius 1 is 1.33 bits per heavy atom. The summed E-state index contributed by atoms with van der Waals surface area (Å²) in [4.78, 5) is 16.3. The predicted molar refractivity (Wildman–Crippen MR) is 71.9 cm³/mol. The molecule has 0 aromatic carbocycles. The summed E-state index contributed by atoms with van der Waals surface area (Å²) >= 11 is 0. The van der Waals surface area contributed by atoms with E-state index < -0.39 is 0 Å². The molecule has 0 spiro atoms. The summed E-state index contributed by atoms with van der Waals surface area (Å²) in [5.41, 5.74) is 1.90. The van der Waals surface area contributed by atoms with Gasteiger partial charge in [0, 0.05) is 37.9 Å². The van der Waals surface area contributed by atoms with Gasteiger partial charge in [-0.2, -0.15) is 0 Å². The van der Waals surface area contributed by atoms with E-state index in [4.69, 9.17) is 0 Å². The van der Waals surface area contributed by atoms with E-state index in [1.807, 2.05) is 31.6 Å².